The lowest BCUT2D eigenvalue weighted by Gasteiger charge is -2.30. The minimum absolute atomic E-state index is 0.529. The first-order chi connectivity index (χ1) is 9.27. The molecule has 2 atom stereocenters. The molecule has 1 aromatic heterocycles. The molecule has 0 bridgehead atoms. The summed E-state index contributed by atoms with van der Waals surface area (Å²) in [6, 6.07) is 1.18. The highest BCUT2D eigenvalue weighted by Crippen LogP contribution is 2.62. The fraction of sp³-hybridized carbons (Fsp3) is 0.812. The van der Waals surface area contributed by atoms with Crippen molar-refractivity contribution in [2.24, 2.45) is 11.3 Å². The van der Waals surface area contributed by atoms with Crippen molar-refractivity contribution in [3.05, 3.63) is 18.2 Å². The maximum atomic E-state index is 4.44. The van der Waals surface area contributed by atoms with Crippen molar-refractivity contribution < 1.29 is 0 Å². The maximum absolute atomic E-state index is 4.44. The van der Waals surface area contributed by atoms with Gasteiger partial charge in [-0.05, 0) is 63.2 Å². The van der Waals surface area contributed by atoms with Crippen LogP contribution < -0.4 is 5.32 Å². The molecule has 4 rings (SSSR count). The minimum Gasteiger partial charge on any atom is -0.333 e. The highest BCUT2D eigenvalue weighted by atomic mass is 15.1. The average molecular weight is 259 g/mol. The molecule has 0 spiro atoms. The van der Waals surface area contributed by atoms with Gasteiger partial charge in [-0.25, -0.2) is 4.98 Å². The molecule has 1 aliphatic heterocycles. The van der Waals surface area contributed by atoms with Gasteiger partial charge in [0, 0.05) is 24.8 Å². The van der Waals surface area contributed by atoms with E-state index in [2.05, 4.69) is 34.3 Å². The van der Waals surface area contributed by atoms with Crippen molar-refractivity contribution in [1.82, 2.24) is 14.9 Å². The van der Waals surface area contributed by atoms with Gasteiger partial charge in [-0.3, -0.25) is 0 Å². The topological polar surface area (TPSA) is 29.9 Å². The highest BCUT2D eigenvalue weighted by molar-refractivity contribution is 5.11. The van der Waals surface area contributed by atoms with Gasteiger partial charge in [0.15, 0.2) is 0 Å². The number of hydrogen-bond acceptors (Lipinski definition) is 2. The normalized spacial score (nSPS) is 33.3. The Morgan fingerprint density at radius 2 is 2.16 bits per heavy atom. The Hall–Kier alpha value is -0.830. The van der Waals surface area contributed by atoms with Crippen LogP contribution in [0, 0.1) is 11.3 Å². The van der Waals surface area contributed by atoms with Gasteiger partial charge in [-0.1, -0.05) is 0 Å². The molecule has 3 heteroatoms. The van der Waals surface area contributed by atoms with Gasteiger partial charge in [0.25, 0.3) is 0 Å². The van der Waals surface area contributed by atoms with Crippen molar-refractivity contribution in [2.45, 2.75) is 70.5 Å². The van der Waals surface area contributed by atoms with E-state index in [1.165, 1.54) is 57.2 Å². The van der Waals surface area contributed by atoms with Crippen LogP contribution in [0.4, 0.5) is 0 Å². The van der Waals surface area contributed by atoms with Gasteiger partial charge >= 0.3 is 0 Å². The predicted molar refractivity (Wildman–Crippen MR) is 75.8 cm³/mol. The molecule has 2 unspecified atom stereocenters. The molecule has 2 heterocycles. The Balaban J connectivity index is 1.52. The molecular weight excluding hydrogens is 234 g/mol. The summed E-state index contributed by atoms with van der Waals surface area (Å²) in [6.45, 7) is 3.53. The van der Waals surface area contributed by atoms with Gasteiger partial charge in [-0.15, -0.1) is 0 Å². The lowest BCUT2D eigenvalue weighted by atomic mass is 9.96. The highest BCUT2D eigenvalue weighted by Gasteiger charge is 2.53. The first kappa shape index (κ1) is 12.0. The Labute approximate surface area is 115 Å². The SMILES string of the molecule is CC1CCCC(c2cncn2CC2(C3CC3)CC2)N1. The summed E-state index contributed by atoms with van der Waals surface area (Å²) < 4.78 is 2.46. The number of nitrogens with zero attached hydrogens (tertiary/aromatic N) is 2. The fourth-order valence-electron chi connectivity index (χ4n) is 4.02. The molecule has 2 saturated carbocycles. The molecule has 104 valence electrons. The zero-order chi connectivity index (χ0) is 12.9. The summed E-state index contributed by atoms with van der Waals surface area (Å²) in [4.78, 5) is 4.44. The van der Waals surface area contributed by atoms with Crippen LogP contribution in [0.3, 0.4) is 0 Å². The van der Waals surface area contributed by atoms with Crippen LogP contribution in [0.15, 0.2) is 12.5 Å². The van der Waals surface area contributed by atoms with E-state index in [1.807, 2.05) is 0 Å². The van der Waals surface area contributed by atoms with Crippen LogP contribution in [0.1, 0.15) is 63.6 Å². The van der Waals surface area contributed by atoms with Crippen LogP contribution in [0.2, 0.25) is 0 Å². The Morgan fingerprint density at radius 1 is 1.32 bits per heavy atom. The molecule has 1 saturated heterocycles. The minimum atomic E-state index is 0.529. The average Bonchev–Trinajstić information content (AvgIpc) is 3.28. The van der Waals surface area contributed by atoms with Crippen LogP contribution in [-0.2, 0) is 6.54 Å². The number of nitrogens with one attached hydrogen (secondary N) is 1. The van der Waals surface area contributed by atoms with Gasteiger partial charge in [-0.2, -0.15) is 0 Å². The van der Waals surface area contributed by atoms with E-state index < -0.39 is 0 Å². The summed E-state index contributed by atoms with van der Waals surface area (Å²) >= 11 is 0. The third kappa shape index (κ3) is 2.22. The van der Waals surface area contributed by atoms with E-state index >= 15 is 0 Å². The largest absolute Gasteiger partial charge is 0.333 e. The second kappa shape index (κ2) is 4.34. The molecule has 3 fully saturated rings. The maximum Gasteiger partial charge on any atom is 0.0948 e. The van der Waals surface area contributed by atoms with E-state index in [0.29, 0.717) is 17.5 Å². The van der Waals surface area contributed by atoms with Crippen LogP contribution in [-0.4, -0.2) is 15.6 Å². The van der Waals surface area contributed by atoms with Crippen molar-refractivity contribution in [3.63, 3.8) is 0 Å². The Kier molecular flexibility index (Phi) is 2.73. The summed E-state index contributed by atoms with van der Waals surface area (Å²) in [7, 11) is 0. The van der Waals surface area contributed by atoms with Gasteiger partial charge in [0.05, 0.1) is 12.0 Å². The third-order valence-electron chi connectivity index (χ3n) is 5.54. The Bertz CT molecular complexity index is 456. The van der Waals surface area contributed by atoms with Crippen molar-refractivity contribution >= 4 is 0 Å². The van der Waals surface area contributed by atoms with Crippen molar-refractivity contribution in [3.8, 4) is 0 Å². The number of piperidine rings is 1. The van der Waals surface area contributed by atoms with E-state index in [0.717, 1.165) is 5.92 Å². The molecule has 1 N–H and O–H groups in total. The molecule has 0 radical (unpaired) electrons. The van der Waals surface area contributed by atoms with Crippen molar-refractivity contribution in [1.29, 1.82) is 0 Å². The zero-order valence-corrected chi connectivity index (χ0v) is 11.9. The summed E-state index contributed by atoms with van der Waals surface area (Å²) in [5.41, 5.74) is 2.09. The molecule has 3 nitrogen and oxygen atoms in total. The number of imidazole rings is 1. The zero-order valence-electron chi connectivity index (χ0n) is 11.9. The first-order valence-electron chi connectivity index (χ1n) is 8.03. The van der Waals surface area contributed by atoms with Crippen LogP contribution >= 0.6 is 0 Å². The number of hydrogen-bond donors (Lipinski definition) is 1. The fourth-order valence-corrected chi connectivity index (χ4v) is 4.02. The quantitative estimate of drug-likeness (QED) is 0.899. The third-order valence-corrected chi connectivity index (χ3v) is 5.54. The van der Waals surface area contributed by atoms with Gasteiger partial charge < -0.3 is 9.88 Å². The van der Waals surface area contributed by atoms with Gasteiger partial charge in [0.2, 0.25) is 0 Å². The van der Waals surface area contributed by atoms with Crippen LogP contribution in [0.25, 0.3) is 0 Å². The smallest absolute Gasteiger partial charge is 0.0948 e. The van der Waals surface area contributed by atoms with E-state index in [9.17, 15) is 0 Å². The second-order valence-electron chi connectivity index (χ2n) is 7.13. The lowest BCUT2D eigenvalue weighted by Crippen LogP contribution is -2.36. The summed E-state index contributed by atoms with van der Waals surface area (Å²) in [5, 5.41) is 3.75. The number of rotatable bonds is 4. The van der Waals surface area contributed by atoms with E-state index in [1.54, 1.807) is 0 Å². The van der Waals surface area contributed by atoms with Crippen LogP contribution in [0.5, 0.6) is 0 Å². The monoisotopic (exact) mass is 259 g/mol. The van der Waals surface area contributed by atoms with Crippen molar-refractivity contribution in [2.75, 3.05) is 0 Å². The molecule has 0 aromatic carbocycles. The first-order valence-corrected chi connectivity index (χ1v) is 8.03. The lowest BCUT2D eigenvalue weighted by molar-refractivity contribution is 0.311. The molecule has 3 aliphatic rings. The molecule has 0 amide bonds. The number of aromatic nitrogens is 2. The molecular formula is C16H25N3. The summed E-state index contributed by atoms with van der Waals surface area (Å²) in [5.74, 6) is 1.03. The molecule has 2 aliphatic carbocycles. The second-order valence-corrected chi connectivity index (χ2v) is 7.13. The standard InChI is InChI=1S/C16H25N3/c1-12-3-2-4-14(18-12)15-9-17-11-19(15)10-16(7-8-16)13-5-6-13/h9,11-14,18H,2-8,10H2,1H3. The predicted octanol–water partition coefficient (Wildman–Crippen LogP) is 3.28. The molecule has 19 heavy (non-hydrogen) atoms. The van der Waals surface area contributed by atoms with E-state index in [4.69, 9.17) is 0 Å². The Morgan fingerprint density at radius 3 is 2.84 bits per heavy atom. The van der Waals surface area contributed by atoms with Gasteiger partial charge in [0.1, 0.15) is 0 Å². The summed E-state index contributed by atoms with van der Waals surface area (Å²) in [6.07, 6.45) is 13.9. The molecule has 1 aromatic rings. The van der Waals surface area contributed by atoms with E-state index in [-0.39, 0.29) is 0 Å².